The fourth-order valence-corrected chi connectivity index (χ4v) is 10.7. The van der Waals surface area contributed by atoms with E-state index >= 15 is 0 Å². The lowest BCUT2D eigenvalue weighted by Crippen LogP contribution is -2.71. The molecule has 0 spiro atoms. The zero-order valence-electron chi connectivity index (χ0n) is 38.6. The van der Waals surface area contributed by atoms with Gasteiger partial charge in [-0.15, -0.1) is 23.1 Å². The summed E-state index contributed by atoms with van der Waals surface area (Å²) in [7, 11) is 0. The van der Waals surface area contributed by atoms with Gasteiger partial charge in [-0.2, -0.15) is 0 Å². The number of thiazole rings is 1. The quantitative estimate of drug-likeness (QED) is 0.0171. The Kier molecular flexibility index (Phi) is 14.8. The number of benzene rings is 6. The molecule has 20 heteroatoms. The van der Waals surface area contributed by atoms with Crippen molar-refractivity contribution in [3.05, 3.63) is 252 Å². The Hall–Kier alpha value is -9.27. The summed E-state index contributed by atoms with van der Waals surface area (Å²) in [5, 5.41) is 44.2. The topological polar surface area (TPSA) is 246 Å². The molecule has 2 aliphatic heterocycles. The van der Waals surface area contributed by atoms with Gasteiger partial charge in [0.05, 0.1) is 21.5 Å². The molecule has 1 fully saturated rings. The second-order valence-corrected chi connectivity index (χ2v) is 18.5. The number of allylic oxidation sites excluding steroid dienone is 1. The number of nitro benzene ring substituents is 2. The first kappa shape index (κ1) is 49.7. The van der Waals surface area contributed by atoms with Gasteiger partial charge >= 0.3 is 11.9 Å². The maximum absolute atomic E-state index is 14.7. The largest absolute Gasteiger partial charge is 0.479 e. The third-order valence-corrected chi connectivity index (χ3v) is 14.1. The molecule has 9 rings (SSSR count). The van der Waals surface area contributed by atoms with Crippen LogP contribution in [0.15, 0.2) is 198 Å². The number of nitro groups is 2. The molecule has 6 aromatic carbocycles. The summed E-state index contributed by atoms with van der Waals surface area (Å²) in [5.41, 5.74) is 1.39. The fraction of sp³-hybridized carbons (Fsp3) is 0.111. The van der Waals surface area contributed by atoms with Gasteiger partial charge < -0.3 is 25.3 Å². The van der Waals surface area contributed by atoms with Gasteiger partial charge in [-0.3, -0.25) is 34.7 Å². The molecule has 1 unspecified atom stereocenters. The Morgan fingerprint density at radius 2 is 1.35 bits per heavy atom. The van der Waals surface area contributed by atoms with Crippen molar-refractivity contribution in [2.75, 3.05) is 17.7 Å². The first-order chi connectivity index (χ1) is 35.9. The van der Waals surface area contributed by atoms with Crippen molar-refractivity contribution in [2.45, 2.75) is 23.1 Å². The molecule has 74 heavy (non-hydrogen) atoms. The maximum Gasteiger partial charge on any atom is 0.356 e. The molecule has 0 aliphatic carbocycles. The molecule has 2 aliphatic rings. The summed E-state index contributed by atoms with van der Waals surface area (Å²) in [4.78, 5) is 88.2. The molecule has 7 aromatic rings. The molecule has 2 amide bonds. The lowest BCUT2D eigenvalue weighted by molar-refractivity contribution is -0.394. The highest BCUT2D eigenvalue weighted by Crippen LogP contribution is 2.44. The van der Waals surface area contributed by atoms with Gasteiger partial charge in [0, 0.05) is 17.2 Å². The van der Waals surface area contributed by atoms with E-state index < -0.39 is 80.4 Å². The molecule has 3 N–H and O–H groups in total. The number of carbonyl (C=O) groups is 4. The minimum absolute atomic E-state index is 0.00631. The van der Waals surface area contributed by atoms with Gasteiger partial charge in [-0.25, -0.2) is 14.6 Å². The molecule has 3 heterocycles. The summed E-state index contributed by atoms with van der Waals surface area (Å²) in [6, 6.07) is 48.9. The van der Waals surface area contributed by atoms with Crippen LogP contribution in [0.2, 0.25) is 0 Å². The molecule has 0 saturated carbocycles. The van der Waals surface area contributed by atoms with Gasteiger partial charge in [-0.1, -0.05) is 163 Å². The average molecular weight is 1030 g/mol. The van der Waals surface area contributed by atoms with Gasteiger partial charge in [-0.05, 0) is 45.5 Å². The number of carbonyl (C=O) groups excluding carboxylic acids is 3. The van der Waals surface area contributed by atoms with E-state index in [1.54, 1.807) is 66.0 Å². The van der Waals surface area contributed by atoms with Crippen molar-refractivity contribution in [2.24, 2.45) is 5.16 Å². The van der Waals surface area contributed by atoms with Crippen molar-refractivity contribution in [1.82, 2.24) is 15.2 Å². The van der Waals surface area contributed by atoms with Gasteiger partial charge in [0.25, 0.3) is 23.2 Å². The Morgan fingerprint density at radius 1 is 0.797 bits per heavy atom. The number of carboxylic acid groups (broad SMARTS) is 1. The smallest absolute Gasteiger partial charge is 0.356 e. The van der Waals surface area contributed by atoms with E-state index in [1.807, 2.05) is 91.0 Å². The van der Waals surface area contributed by atoms with E-state index in [0.717, 1.165) is 40.2 Å². The van der Waals surface area contributed by atoms with E-state index in [9.17, 15) is 44.5 Å². The number of esters is 1. The van der Waals surface area contributed by atoms with Crippen molar-refractivity contribution < 1.29 is 43.7 Å². The second kappa shape index (κ2) is 22.0. The highest BCUT2D eigenvalue weighted by atomic mass is 32.2. The average Bonchev–Trinajstić information content (AvgIpc) is 3.90. The number of fused-ring (bicyclic) bond motifs is 1. The summed E-state index contributed by atoms with van der Waals surface area (Å²) in [6.07, 6.45) is 1.79. The SMILES string of the molecule is O=C(O)CON=C(C(=O)NC1C(=O)N2C(C(=O)OC(c3ccccc3)c3ccccc3)=C(C=Cc3ccc([N+](=O)[O-])cc3[N+](=O)[O-])CS[C@@H]12)c1csc(NC(c2ccccc2)(c2ccccc2)c2ccccc2)n1. The van der Waals surface area contributed by atoms with Crippen molar-refractivity contribution in [3.8, 4) is 0 Å². The number of aliphatic carboxylic acids is 1. The third-order valence-electron chi connectivity index (χ3n) is 12.0. The number of amides is 2. The van der Waals surface area contributed by atoms with Crippen molar-refractivity contribution in [1.29, 1.82) is 0 Å². The fourth-order valence-electron chi connectivity index (χ4n) is 8.59. The number of β-lactam (4-membered cyclic amide) rings is 1. The number of carboxylic acids is 1. The minimum atomic E-state index is -1.36. The highest BCUT2D eigenvalue weighted by Gasteiger charge is 2.55. The van der Waals surface area contributed by atoms with Crippen LogP contribution in [0, 0.1) is 20.2 Å². The standard InChI is InChI=1S/C54H41N7O11S2/c62-44(63)31-71-58-45(42-33-74-53(55-42)57-54(38-20-10-3-11-21-38,39-22-12-4-13-23-39)40-24-14-5-15-25-40)49(64)56-46-50(65)59-47(52(66)72-48(35-16-6-1-7-17-35)36-18-8-2-9-19-36)37(32-73-51(46)59)27-26-34-28-29-41(60(67)68)30-43(34)61(69)70/h1-30,33,46,48,51H,31-32H2,(H,55,57)(H,56,64)(H,62,63)/t46?,51-/m0/s1. The lowest BCUT2D eigenvalue weighted by Gasteiger charge is -2.49. The van der Waals surface area contributed by atoms with Crippen LogP contribution in [0.25, 0.3) is 6.08 Å². The molecule has 370 valence electrons. The van der Waals surface area contributed by atoms with Crippen LogP contribution in [0.4, 0.5) is 16.5 Å². The Balaban J connectivity index is 1.04. The Bertz CT molecular complexity index is 3210. The normalized spacial score (nSPS) is 15.5. The molecular formula is C54H41N7O11S2. The predicted molar refractivity (Wildman–Crippen MR) is 277 cm³/mol. The Morgan fingerprint density at radius 3 is 1.88 bits per heavy atom. The van der Waals surface area contributed by atoms with Crippen LogP contribution < -0.4 is 10.6 Å². The predicted octanol–water partition coefficient (Wildman–Crippen LogP) is 8.87. The molecule has 1 saturated heterocycles. The maximum atomic E-state index is 14.7. The van der Waals surface area contributed by atoms with Crippen LogP contribution in [0.1, 0.15) is 45.2 Å². The number of nitrogens with zero attached hydrogens (tertiary/aromatic N) is 5. The number of ether oxygens (including phenoxy) is 1. The zero-order valence-corrected chi connectivity index (χ0v) is 40.3. The summed E-state index contributed by atoms with van der Waals surface area (Å²) in [6.45, 7) is -0.900. The molecule has 2 atom stereocenters. The number of hydrogen-bond donors (Lipinski definition) is 3. The second-order valence-electron chi connectivity index (χ2n) is 16.6. The number of aromatic nitrogens is 1. The van der Waals surface area contributed by atoms with Crippen LogP contribution in [-0.4, -0.2) is 78.1 Å². The number of anilines is 1. The number of nitrogens with one attached hydrogen (secondary N) is 2. The zero-order chi connectivity index (χ0) is 51.8. The van der Waals surface area contributed by atoms with Crippen molar-refractivity contribution in [3.63, 3.8) is 0 Å². The molecule has 1 aromatic heterocycles. The number of thioether (sulfide) groups is 1. The minimum Gasteiger partial charge on any atom is -0.479 e. The number of hydrogen-bond acceptors (Lipinski definition) is 15. The molecule has 18 nitrogen and oxygen atoms in total. The van der Waals surface area contributed by atoms with Crippen LogP contribution in [0.3, 0.4) is 0 Å². The molecular weight excluding hydrogens is 987 g/mol. The van der Waals surface area contributed by atoms with Gasteiger partial charge in [0.1, 0.15) is 28.3 Å². The Labute approximate surface area is 430 Å². The lowest BCUT2D eigenvalue weighted by atomic mass is 9.77. The van der Waals surface area contributed by atoms with Crippen LogP contribution >= 0.6 is 23.1 Å². The number of oxime groups is 1. The van der Waals surface area contributed by atoms with E-state index in [2.05, 4.69) is 15.8 Å². The monoisotopic (exact) mass is 1030 g/mol. The van der Waals surface area contributed by atoms with E-state index in [4.69, 9.17) is 14.6 Å². The van der Waals surface area contributed by atoms with E-state index in [0.29, 0.717) is 16.3 Å². The summed E-state index contributed by atoms with van der Waals surface area (Å²) < 4.78 is 6.25. The third kappa shape index (κ3) is 10.4. The first-order valence-corrected chi connectivity index (χ1v) is 24.6. The number of rotatable bonds is 19. The first-order valence-electron chi connectivity index (χ1n) is 22.7. The van der Waals surface area contributed by atoms with Gasteiger partial charge in [0.15, 0.2) is 16.9 Å². The summed E-state index contributed by atoms with van der Waals surface area (Å²) in [5.74, 6) is -3.93. The summed E-state index contributed by atoms with van der Waals surface area (Å²) >= 11 is 2.32. The van der Waals surface area contributed by atoms with E-state index in [-0.39, 0.29) is 28.3 Å². The molecule has 0 bridgehead atoms. The number of non-ortho nitro benzene ring substituents is 1. The molecule has 0 radical (unpaired) electrons. The highest BCUT2D eigenvalue weighted by molar-refractivity contribution is 8.00. The van der Waals surface area contributed by atoms with Crippen LogP contribution in [0.5, 0.6) is 0 Å². The van der Waals surface area contributed by atoms with Crippen molar-refractivity contribution >= 4 is 75.1 Å². The van der Waals surface area contributed by atoms with Crippen LogP contribution in [-0.2, 0) is 34.3 Å². The van der Waals surface area contributed by atoms with Gasteiger partial charge in [0.2, 0.25) is 6.61 Å². The van der Waals surface area contributed by atoms with E-state index in [1.165, 1.54) is 34.9 Å².